The summed E-state index contributed by atoms with van der Waals surface area (Å²) < 4.78 is 5.52. The van der Waals surface area contributed by atoms with E-state index >= 15 is 0 Å². The third kappa shape index (κ3) is 5.83. The van der Waals surface area contributed by atoms with E-state index in [1.165, 1.54) is 0 Å². The molecule has 3 heteroatoms. The lowest BCUT2D eigenvalue weighted by Crippen LogP contribution is -2.30. The van der Waals surface area contributed by atoms with E-state index in [1.54, 1.807) is 6.08 Å². The first kappa shape index (κ1) is 10.4. The second-order valence-corrected chi connectivity index (χ2v) is 7.77. The van der Waals surface area contributed by atoms with Gasteiger partial charge in [-0.25, -0.2) is 0 Å². The highest BCUT2D eigenvalue weighted by atomic mass is 28.4. The van der Waals surface area contributed by atoms with Crippen molar-refractivity contribution in [3.8, 4) is 6.07 Å². The van der Waals surface area contributed by atoms with Crippen LogP contribution in [0.1, 0.15) is 6.92 Å². The largest absolute Gasteiger partial charge is 0.399 e. The third-order valence-electron chi connectivity index (χ3n) is 0.975. The van der Waals surface area contributed by atoms with Crippen molar-refractivity contribution in [3.05, 3.63) is 12.2 Å². The van der Waals surface area contributed by atoms with Crippen molar-refractivity contribution in [1.82, 2.24) is 0 Å². The first-order chi connectivity index (χ1) is 4.99. The molecule has 0 saturated heterocycles. The molecule has 0 saturated carbocycles. The molecule has 0 heterocycles. The average Bonchev–Trinajstić information content (AvgIpc) is 1.84. The average molecular weight is 169 g/mol. The Kier molecular flexibility index (Phi) is 4.09. The Morgan fingerprint density at radius 2 is 2.00 bits per heavy atom. The lowest BCUT2D eigenvalue weighted by molar-refractivity contribution is 0.296. The van der Waals surface area contributed by atoms with Gasteiger partial charge in [0.05, 0.1) is 6.07 Å². The Bertz CT molecular complexity index is 176. The van der Waals surface area contributed by atoms with Gasteiger partial charge in [-0.2, -0.15) is 5.26 Å². The van der Waals surface area contributed by atoms with E-state index in [0.717, 1.165) is 0 Å². The maximum absolute atomic E-state index is 8.62. The molecule has 0 amide bonds. The van der Waals surface area contributed by atoms with Gasteiger partial charge >= 0.3 is 0 Å². The van der Waals surface area contributed by atoms with Gasteiger partial charge in [-0.15, -0.1) is 0 Å². The highest BCUT2D eigenvalue weighted by Gasteiger charge is 2.18. The normalized spacial score (nSPS) is 14.8. The molecule has 0 aromatic rings. The van der Waals surface area contributed by atoms with Crippen LogP contribution in [0.2, 0.25) is 19.6 Å². The monoisotopic (exact) mass is 169 g/mol. The summed E-state index contributed by atoms with van der Waals surface area (Å²) in [5, 5.41) is 8.62. The fraction of sp³-hybridized carbons (Fsp3) is 0.625. The van der Waals surface area contributed by atoms with E-state index in [0.29, 0.717) is 0 Å². The summed E-state index contributed by atoms with van der Waals surface area (Å²) in [5.41, 5.74) is 0. The lowest BCUT2D eigenvalue weighted by Gasteiger charge is -2.19. The summed E-state index contributed by atoms with van der Waals surface area (Å²) >= 11 is 0. The van der Waals surface area contributed by atoms with E-state index in [2.05, 4.69) is 25.7 Å². The molecule has 0 spiro atoms. The van der Waals surface area contributed by atoms with Crippen LogP contribution in [0.4, 0.5) is 0 Å². The number of nitriles is 1. The molecular formula is C8H15NOSi. The van der Waals surface area contributed by atoms with Gasteiger partial charge < -0.3 is 4.43 Å². The zero-order chi connectivity index (χ0) is 8.91. The predicted octanol–water partition coefficient (Wildman–Crippen LogP) is 2.31. The fourth-order valence-corrected chi connectivity index (χ4v) is 1.56. The smallest absolute Gasteiger partial charge is 0.185 e. The predicted molar refractivity (Wildman–Crippen MR) is 48.6 cm³/mol. The SMILES string of the molecule is C/C=C/[C@@H](C#N)O[Si](C)(C)C. The van der Waals surface area contributed by atoms with Crippen LogP contribution in [0.5, 0.6) is 0 Å². The maximum Gasteiger partial charge on any atom is 0.185 e. The van der Waals surface area contributed by atoms with E-state index < -0.39 is 8.32 Å². The molecule has 0 aliphatic carbocycles. The van der Waals surface area contributed by atoms with Crippen LogP contribution >= 0.6 is 0 Å². The van der Waals surface area contributed by atoms with Gasteiger partial charge in [-0.1, -0.05) is 6.08 Å². The van der Waals surface area contributed by atoms with Gasteiger partial charge in [0.25, 0.3) is 0 Å². The standard InChI is InChI=1S/C8H15NOSi/c1-5-6-8(7-9)10-11(2,3)4/h5-6,8H,1-4H3/b6-5+/t8-/m0/s1. The zero-order valence-electron chi connectivity index (χ0n) is 7.59. The van der Waals surface area contributed by atoms with Gasteiger partial charge in [-0.3, -0.25) is 0 Å². The molecule has 0 aromatic carbocycles. The van der Waals surface area contributed by atoms with Crippen LogP contribution in [-0.4, -0.2) is 14.4 Å². The van der Waals surface area contributed by atoms with E-state index in [9.17, 15) is 0 Å². The third-order valence-corrected chi connectivity index (χ3v) is 1.94. The molecule has 11 heavy (non-hydrogen) atoms. The fourth-order valence-electron chi connectivity index (χ4n) is 0.664. The molecule has 0 N–H and O–H groups in total. The zero-order valence-corrected chi connectivity index (χ0v) is 8.59. The number of allylic oxidation sites excluding steroid dienone is 1. The summed E-state index contributed by atoms with van der Waals surface area (Å²) in [6.45, 7) is 8.10. The van der Waals surface area contributed by atoms with Gasteiger partial charge in [0.2, 0.25) is 0 Å². The molecule has 0 bridgehead atoms. The van der Waals surface area contributed by atoms with Crippen molar-refractivity contribution in [3.63, 3.8) is 0 Å². The minimum atomic E-state index is -1.55. The van der Waals surface area contributed by atoms with Gasteiger partial charge in [-0.05, 0) is 32.6 Å². The van der Waals surface area contributed by atoms with Crippen LogP contribution in [0, 0.1) is 11.3 Å². The number of nitrogens with zero attached hydrogens (tertiary/aromatic N) is 1. The minimum Gasteiger partial charge on any atom is -0.399 e. The van der Waals surface area contributed by atoms with Crippen molar-refractivity contribution in [2.24, 2.45) is 0 Å². The van der Waals surface area contributed by atoms with Gasteiger partial charge in [0, 0.05) is 0 Å². The molecule has 2 nitrogen and oxygen atoms in total. The summed E-state index contributed by atoms with van der Waals surface area (Å²) in [6.07, 6.45) is 3.26. The summed E-state index contributed by atoms with van der Waals surface area (Å²) in [5.74, 6) is 0. The van der Waals surface area contributed by atoms with Crippen LogP contribution in [-0.2, 0) is 4.43 Å². The maximum atomic E-state index is 8.62. The topological polar surface area (TPSA) is 33.0 Å². The highest BCUT2D eigenvalue weighted by molar-refractivity contribution is 6.69. The van der Waals surface area contributed by atoms with Crippen LogP contribution in [0.25, 0.3) is 0 Å². The van der Waals surface area contributed by atoms with Crippen molar-refractivity contribution >= 4 is 8.32 Å². The van der Waals surface area contributed by atoms with Gasteiger partial charge in [0.1, 0.15) is 0 Å². The summed E-state index contributed by atoms with van der Waals surface area (Å²) in [4.78, 5) is 0. The van der Waals surface area contributed by atoms with E-state index in [4.69, 9.17) is 9.69 Å². The number of rotatable bonds is 3. The summed E-state index contributed by atoms with van der Waals surface area (Å²) in [7, 11) is -1.55. The van der Waals surface area contributed by atoms with Crippen molar-refractivity contribution in [2.75, 3.05) is 0 Å². The van der Waals surface area contributed by atoms with Crippen LogP contribution < -0.4 is 0 Å². The highest BCUT2D eigenvalue weighted by Crippen LogP contribution is 2.07. The molecule has 0 aromatic heterocycles. The number of hydrogen-bond donors (Lipinski definition) is 0. The Morgan fingerprint density at radius 3 is 2.27 bits per heavy atom. The molecule has 1 atom stereocenters. The van der Waals surface area contributed by atoms with Crippen molar-refractivity contribution in [2.45, 2.75) is 32.7 Å². The van der Waals surface area contributed by atoms with Crippen molar-refractivity contribution < 1.29 is 4.43 Å². The molecule has 0 fully saturated rings. The minimum absolute atomic E-state index is 0.355. The second-order valence-electron chi connectivity index (χ2n) is 3.31. The molecule has 0 aliphatic rings. The van der Waals surface area contributed by atoms with Crippen LogP contribution in [0.3, 0.4) is 0 Å². The summed E-state index contributed by atoms with van der Waals surface area (Å²) in [6, 6.07) is 2.09. The lowest BCUT2D eigenvalue weighted by atomic mass is 10.4. The molecule has 0 unspecified atom stereocenters. The second kappa shape index (κ2) is 4.32. The Balaban J connectivity index is 4.02. The molecule has 0 aliphatic heterocycles. The first-order valence-corrected chi connectivity index (χ1v) is 7.10. The Hall–Kier alpha value is -0.593. The van der Waals surface area contributed by atoms with Crippen LogP contribution in [0.15, 0.2) is 12.2 Å². The van der Waals surface area contributed by atoms with Crippen molar-refractivity contribution in [1.29, 1.82) is 5.26 Å². The van der Waals surface area contributed by atoms with E-state index in [1.807, 2.05) is 13.0 Å². The quantitative estimate of drug-likeness (QED) is 0.480. The molecular weight excluding hydrogens is 154 g/mol. The first-order valence-electron chi connectivity index (χ1n) is 3.70. The van der Waals surface area contributed by atoms with Gasteiger partial charge in [0.15, 0.2) is 14.4 Å². The molecule has 0 radical (unpaired) electrons. The molecule has 62 valence electrons. The Morgan fingerprint density at radius 1 is 1.45 bits per heavy atom. The Labute approximate surface area is 69.6 Å². The van der Waals surface area contributed by atoms with E-state index in [-0.39, 0.29) is 6.10 Å². The molecule has 0 rings (SSSR count). The number of hydrogen-bond acceptors (Lipinski definition) is 2.